The van der Waals surface area contributed by atoms with Crippen molar-refractivity contribution in [3.8, 4) is 0 Å². The number of nitrogens with two attached hydrogens (primary N) is 1. The SMILES string of the molecule is NC[C@H]1CCC[C@H]1C(=O)NC1CCCN(c2ccccc2Cl)C1. The van der Waals surface area contributed by atoms with Gasteiger partial charge in [-0.2, -0.15) is 0 Å². The molecular formula is C18H26ClN3O. The number of halogens is 1. The van der Waals surface area contributed by atoms with E-state index in [2.05, 4.69) is 10.2 Å². The first-order chi connectivity index (χ1) is 11.2. The van der Waals surface area contributed by atoms with E-state index in [-0.39, 0.29) is 17.9 Å². The van der Waals surface area contributed by atoms with Crippen molar-refractivity contribution in [1.82, 2.24) is 5.32 Å². The Hall–Kier alpha value is -1.26. The van der Waals surface area contributed by atoms with Crippen LogP contribution < -0.4 is 16.0 Å². The van der Waals surface area contributed by atoms with Crippen molar-refractivity contribution in [3.63, 3.8) is 0 Å². The van der Waals surface area contributed by atoms with Crippen molar-refractivity contribution in [2.45, 2.75) is 38.1 Å². The van der Waals surface area contributed by atoms with Gasteiger partial charge in [0.25, 0.3) is 0 Å². The number of para-hydroxylation sites is 1. The van der Waals surface area contributed by atoms with Crippen LogP contribution in [0.15, 0.2) is 24.3 Å². The fraction of sp³-hybridized carbons (Fsp3) is 0.611. The normalized spacial score (nSPS) is 27.9. The summed E-state index contributed by atoms with van der Waals surface area (Å²) in [7, 11) is 0. The Morgan fingerprint density at radius 3 is 2.87 bits per heavy atom. The topological polar surface area (TPSA) is 58.4 Å². The van der Waals surface area contributed by atoms with E-state index >= 15 is 0 Å². The van der Waals surface area contributed by atoms with E-state index in [4.69, 9.17) is 17.3 Å². The van der Waals surface area contributed by atoms with E-state index in [9.17, 15) is 4.79 Å². The number of amides is 1. The first kappa shape index (κ1) is 16.6. The molecule has 2 aliphatic rings. The molecule has 0 aromatic heterocycles. The zero-order valence-electron chi connectivity index (χ0n) is 13.5. The molecule has 126 valence electrons. The Kier molecular flexibility index (Phi) is 5.44. The Balaban J connectivity index is 1.61. The second-order valence-electron chi connectivity index (χ2n) is 6.78. The lowest BCUT2D eigenvalue weighted by Gasteiger charge is -2.36. The molecule has 1 unspecified atom stereocenters. The number of nitrogens with zero attached hydrogens (tertiary/aromatic N) is 1. The Labute approximate surface area is 143 Å². The van der Waals surface area contributed by atoms with E-state index < -0.39 is 0 Å². The zero-order chi connectivity index (χ0) is 16.2. The van der Waals surface area contributed by atoms with Gasteiger partial charge in [-0.3, -0.25) is 4.79 Å². The lowest BCUT2D eigenvalue weighted by atomic mass is 9.94. The van der Waals surface area contributed by atoms with Gasteiger partial charge in [-0.15, -0.1) is 0 Å². The van der Waals surface area contributed by atoms with Gasteiger partial charge in [-0.1, -0.05) is 30.2 Å². The molecule has 0 spiro atoms. The third-order valence-corrected chi connectivity index (χ3v) is 5.58. The van der Waals surface area contributed by atoms with Crippen LogP contribution in [0.5, 0.6) is 0 Å². The van der Waals surface area contributed by atoms with Crippen molar-refractivity contribution in [2.75, 3.05) is 24.5 Å². The molecular weight excluding hydrogens is 310 g/mol. The monoisotopic (exact) mass is 335 g/mol. The minimum atomic E-state index is 0.107. The smallest absolute Gasteiger partial charge is 0.223 e. The molecule has 4 nitrogen and oxygen atoms in total. The second kappa shape index (κ2) is 7.54. The number of nitrogens with one attached hydrogen (secondary N) is 1. The number of benzene rings is 1. The van der Waals surface area contributed by atoms with Crippen LogP contribution in [-0.4, -0.2) is 31.6 Å². The highest BCUT2D eigenvalue weighted by Gasteiger charge is 2.33. The molecule has 2 fully saturated rings. The number of carbonyl (C=O) groups excluding carboxylic acids is 1. The van der Waals surface area contributed by atoms with Gasteiger partial charge < -0.3 is 16.0 Å². The van der Waals surface area contributed by atoms with E-state index in [1.54, 1.807) is 0 Å². The van der Waals surface area contributed by atoms with Crippen molar-refractivity contribution >= 4 is 23.2 Å². The quantitative estimate of drug-likeness (QED) is 0.889. The average Bonchev–Trinajstić information content (AvgIpc) is 3.04. The maximum atomic E-state index is 12.6. The maximum Gasteiger partial charge on any atom is 0.223 e. The number of rotatable bonds is 4. The molecule has 23 heavy (non-hydrogen) atoms. The van der Waals surface area contributed by atoms with Crippen LogP contribution in [0.2, 0.25) is 5.02 Å². The number of piperidine rings is 1. The van der Waals surface area contributed by atoms with Crippen molar-refractivity contribution in [3.05, 3.63) is 29.3 Å². The number of hydrogen-bond acceptors (Lipinski definition) is 3. The van der Waals surface area contributed by atoms with Crippen molar-refractivity contribution < 1.29 is 4.79 Å². The Morgan fingerprint density at radius 2 is 2.09 bits per heavy atom. The molecule has 3 rings (SSSR count). The number of hydrogen-bond donors (Lipinski definition) is 2. The first-order valence-corrected chi connectivity index (χ1v) is 9.06. The molecule has 3 N–H and O–H groups in total. The lowest BCUT2D eigenvalue weighted by Crippen LogP contribution is -2.50. The molecule has 1 amide bonds. The van der Waals surface area contributed by atoms with E-state index in [0.717, 1.165) is 55.9 Å². The predicted molar refractivity (Wildman–Crippen MR) is 94.7 cm³/mol. The van der Waals surface area contributed by atoms with E-state index in [1.807, 2.05) is 24.3 Å². The first-order valence-electron chi connectivity index (χ1n) is 8.69. The van der Waals surface area contributed by atoms with Crippen LogP contribution in [0.1, 0.15) is 32.1 Å². The fourth-order valence-corrected chi connectivity index (χ4v) is 4.25. The summed E-state index contributed by atoms with van der Waals surface area (Å²) < 4.78 is 0. The van der Waals surface area contributed by atoms with Gasteiger partial charge in [0, 0.05) is 25.0 Å². The van der Waals surface area contributed by atoms with Gasteiger partial charge in [0.15, 0.2) is 0 Å². The third kappa shape index (κ3) is 3.81. The highest BCUT2D eigenvalue weighted by Crippen LogP contribution is 2.32. The van der Waals surface area contributed by atoms with Crippen LogP contribution in [0.3, 0.4) is 0 Å². The summed E-state index contributed by atoms with van der Waals surface area (Å²) in [6.07, 6.45) is 5.30. The van der Waals surface area contributed by atoms with E-state index in [0.29, 0.717) is 12.5 Å². The molecule has 1 saturated carbocycles. The molecule has 1 aliphatic heterocycles. The summed E-state index contributed by atoms with van der Waals surface area (Å²) >= 11 is 6.31. The molecule has 1 aliphatic carbocycles. The van der Waals surface area contributed by atoms with Crippen LogP contribution in [-0.2, 0) is 4.79 Å². The summed E-state index contributed by atoms with van der Waals surface area (Å²) in [5, 5.41) is 4.04. The van der Waals surface area contributed by atoms with Crippen LogP contribution >= 0.6 is 11.6 Å². The van der Waals surface area contributed by atoms with Crippen molar-refractivity contribution in [1.29, 1.82) is 0 Å². The molecule has 0 bridgehead atoms. The average molecular weight is 336 g/mol. The minimum absolute atomic E-state index is 0.107. The Bertz CT molecular complexity index is 551. The number of anilines is 1. The molecule has 1 aromatic rings. The Morgan fingerprint density at radius 1 is 1.26 bits per heavy atom. The molecule has 1 heterocycles. The molecule has 1 aromatic carbocycles. The minimum Gasteiger partial charge on any atom is -0.368 e. The number of carbonyl (C=O) groups is 1. The van der Waals surface area contributed by atoms with Gasteiger partial charge in [-0.25, -0.2) is 0 Å². The zero-order valence-corrected chi connectivity index (χ0v) is 14.3. The van der Waals surface area contributed by atoms with Gasteiger partial charge in [0.05, 0.1) is 10.7 Å². The van der Waals surface area contributed by atoms with E-state index in [1.165, 1.54) is 0 Å². The van der Waals surface area contributed by atoms with Crippen LogP contribution in [0, 0.1) is 11.8 Å². The molecule has 0 radical (unpaired) electrons. The highest BCUT2D eigenvalue weighted by molar-refractivity contribution is 6.33. The second-order valence-corrected chi connectivity index (χ2v) is 7.19. The summed E-state index contributed by atoms with van der Waals surface area (Å²) in [5.74, 6) is 0.665. The molecule has 1 saturated heterocycles. The highest BCUT2D eigenvalue weighted by atomic mass is 35.5. The maximum absolute atomic E-state index is 12.6. The third-order valence-electron chi connectivity index (χ3n) is 5.26. The molecule has 3 atom stereocenters. The lowest BCUT2D eigenvalue weighted by molar-refractivity contribution is -0.126. The van der Waals surface area contributed by atoms with Gasteiger partial charge in [0.1, 0.15) is 0 Å². The van der Waals surface area contributed by atoms with Gasteiger partial charge >= 0.3 is 0 Å². The predicted octanol–water partition coefficient (Wildman–Crippen LogP) is 2.80. The standard InChI is InChI=1S/C18H26ClN3O/c19-16-8-1-2-9-17(16)22-10-4-6-14(12-22)21-18(23)15-7-3-5-13(15)11-20/h1-2,8-9,13-15H,3-7,10-12,20H2,(H,21,23)/t13-,14?,15-/m1/s1. The van der Waals surface area contributed by atoms with Crippen LogP contribution in [0.4, 0.5) is 5.69 Å². The summed E-state index contributed by atoms with van der Waals surface area (Å²) in [6.45, 7) is 2.44. The summed E-state index contributed by atoms with van der Waals surface area (Å²) in [4.78, 5) is 14.9. The van der Waals surface area contributed by atoms with Gasteiger partial charge in [-0.05, 0) is 50.3 Å². The van der Waals surface area contributed by atoms with Crippen LogP contribution in [0.25, 0.3) is 0 Å². The van der Waals surface area contributed by atoms with Crippen molar-refractivity contribution in [2.24, 2.45) is 17.6 Å². The molecule has 5 heteroatoms. The van der Waals surface area contributed by atoms with Gasteiger partial charge in [0.2, 0.25) is 5.91 Å². The fourth-order valence-electron chi connectivity index (χ4n) is 3.99. The summed E-state index contributed by atoms with van der Waals surface area (Å²) in [5.41, 5.74) is 6.87. The summed E-state index contributed by atoms with van der Waals surface area (Å²) in [6, 6.07) is 8.12. The largest absolute Gasteiger partial charge is 0.368 e.